The van der Waals surface area contributed by atoms with Gasteiger partial charge in [0.15, 0.2) is 0 Å². The molecule has 1 unspecified atom stereocenters. The SMILES string of the molecule is Clc1ncccc1CC1CCCN1. The van der Waals surface area contributed by atoms with E-state index in [9.17, 15) is 0 Å². The molecular formula is C10H13ClN2. The lowest BCUT2D eigenvalue weighted by molar-refractivity contribution is 0.602. The van der Waals surface area contributed by atoms with Crippen molar-refractivity contribution in [3.05, 3.63) is 29.0 Å². The molecule has 1 aromatic rings. The molecule has 2 rings (SSSR count). The molecule has 13 heavy (non-hydrogen) atoms. The third-order valence-electron chi connectivity index (χ3n) is 2.47. The van der Waals surface area contributed by atoms with Crippen LogP contribution in [0.1, 0.15) is 18.4 Å². The van der Waals surface area contributed by atoms with Crippen molar-refractivity contribution >= 4 is 11.6 Å². The third-order valence-corrected chi connectivity index (χ3v) is 2.81. The number of hydrogen-bond acceptors (Lipinski definition) is 2. The second kappa shape index (κ2) is 4.07. The van der Waals surface area contributed by atoms with Crippen LogP contribution >= 0.6 is 11.6 Å². The number of hydrogen-bond donors (Lipinski definition) is 1. The monoisotopic (exact) mass is 196 g/mol. The number of halogens is 1. The molecule has 1 N–H and O–H groups in total. The van der Waals surface area contributed by atoms with Crippen molar-refractivity contribution in [3.8, 4) is 0 Å². The molecule has 0 amide bonds. The number of nitrogens with one attached hydrogen (secondary N) is 1. The first kappa shape index (κ1) is 8.97. The number of aromatic nitrogens is 1. The van der Waals surface area contributed by atoms with Crippen LogP contribution in [0.3, 0.4) is 0 Å². The van der Waals surface area contributed by atoms with Crippen LogP contribution in [0.25, 0.3) is 0 Å². The number of pyridine rings is 1. The zero-order valence-corrected chi connectivity index (χ0v) is 8.22. The van der Waals surface area contributed by atoms with Crippen molar-refractivity contribution in [2.24, 2.45) is 0 Å². The van der Waals surface area contributed by atoms with E-state index in [4.69, 9.17) is 11.6 Å². The summed E-state index contributed by atoms with van der Waals surface area (Å²) in [4.78, 5) is 4.06. The van der Waals surface area contributed by atoms with Gasteiger partial charge in [0.2, 0.25) is 0 Å². The fourth-order valence-electron chi connectivity index (χ4n) is 1.77. The molecule has 70 valence electrons. The van der Waals surface area contributed by atoms with Crippen LogP contribution in [0, 0.1) is 0 Å². The van der Waals surface area contributed by atoms with E-state index in [2.05, 4.69) is 16.4 Å². The van der Waals surface area contributed by atoms with E-state index in [0.717, 1.165) is 18.5 Å². The average molecular weight is 197 g/mol. The van der Waals surface area contributed by atoms with Crippen molar-refractivity contribution in [1.82, 2.24) is 10.3 Å². The van der Waals surface area contributed by atoms with Gasteiger partial charge in [-0.05, 0) is 37.4 Å². The van der Waals surface area contributed by atoms with Crippen LogP contribution in [0.4, 0.5) is 0 Å². The maximum absolute atomic E-state index is 5.96. The predicted octanol–water partition coefficient (Wildman–Crippen LogP) is 2.03. The molecule has 0 bridgehead atoms. The lowest BCUT2D eigenvalue weighted by Gasteiger charge is -2.10. The highest BCUT2D eigenvalue weighted by Gasteiger charge is 2.15. The summed E-state index contributed by atoms with van der Waals surface area (Å²) >= 11 is 5.96. The van der Waals surface area contributed by atoms with Gasteiger partial charge in [-0.3, -0.25) is 0 Å². The molecule has 2 heterocycles. The molecule has 1 fully saturated rings. The summed E-state index contributed by atoms with van der Waals surface area (Å²) in [5.74, 6) is 0. The van der Waals surface area contributed by atoms with Gasteiger partial charge in [-0.1, -0.05) is 17.7 Å². The van der Waals surface area contributed by atoms with Gasteiger partial charge in [0.1, 0.15) is 5.15 Å². The van der Waals surface area contributed by atoms with E-state index in [-0.39, 0.29) is 0 Å². The largest absolute Gasteiger partial charge is 0.314 e. The zero-order valence-electron chi connectivity index (χ0n) is 7.46. The number of nitrogens with zero attached hydrogens (tertiary/aromatic N) is 1. The standard InChI is InChI=1S/C10H13ClN2/c11-10-8(3-1-6-13-10)7-9-4-2-5-12-9/h1,3,6,9,12H,2,4-5,7H2. The van der Waals surface area contributed by atoms with Gasteiger partial charge < -0.3 is 5.32 Å². The second-order valence-corrected chi connectivity index (χ2v) is 3.81. The molecule has 0 aromatic carbocycles. The maximum atomic E-state index is 5.96. The Hall–Kier alpha value is -0.600. The van der Waals surface area contributed by atoms with Gasteiger partial charge in [0, 0.05) is 12.2 Å². The van der Waals surface area contributed by atoms with Crippen LogP contribution < -0.4 is 5.32 Å². The van der Waals surface area contributed by atoms with Gasteiger partial charge in [0.25, 0.3) is 0 Å². The smallest absolute Gasteiger partial charge is 0.132 e. The van der Waals surface area contributed by atoms with E-state index in [1.54, 1.807) is 6.20 Å². The first-order valence-corrected chi connectivity index (χ1v) is 5.07. The summed E-state index contributed by atoms with van der Waals surface area (Å²) in [5, 5.41) is 4.10. The Bertz CT molecular complexity index is 282. The van der Waals surface area contributed by atoms with E-state index >= 15 is 0 Å². The first-order chi connectivity index (χ1) is 6.36. The van der Waals surface area contributed by atoms with Crippen LogP contribution in [0.15, 0.2) is 18.3 Å². The minimum Gasteiger partial charge on any atom is -0.314 e. The lowest BCUT2D eigenvalue weighted by Crippen LogP contribution is -2.23. The molecule has 2 nitrogen and oxygen atoms in total. The van der Waals surface area contributed by atoms with Crippen LogP contribution in [0.2, 0.25) is 5.15 Å². The molecule has 1 atom stereocenters. The van der Waals surface area contributed by atoms with E-state index in [1.165, 1.54) is 12.8 Å². The van der Waals surface area contributed by atoms with Crippen molar-refractivity contribution in [2.45, 2.75) is 25.3 Å². The Morgan fingerprint density at radius 1 is 1.62 bits per heavy atom. The van der Waals surface area contributed by atoms with Gasteiger partial charge >= 0.3 is 0 Å². The van der Waals surface area contributed by atoms with Crippen LogP contribution in [-0.2, 0) is 6.42 Å². The van der Waals surface area contributed by atoms with E-state index in [0.29, 0.717) is 11.2 Å². The van der Waals surface area contributed by atoms with Gasteiger partial charge in [-0.2, -0.15) is 0 Å². The zero-order chi connectivity index (χ0) is 9.10. The van der Waals surface area contributed by atoms with Crippen molar-refractivity contribution in [3.63, 3.8) is 0 Å². The van der Waals surface area contributed by atoms with E-state index in [1.807, 2.05) is 6.07 Å². The molecule has 0 radical (unpaired) electrons. The summed E-state index contributed by atoms with van der Waals surface area (Å²) in [6, 6.07) is 4.59. The number of rotatable bonds is 2. The molecule has 3 heteroatoms. The minimum absolute atomic E-state index is 0.599. The predicted molar refractivity (Wildman–Crippen MR) is 54.0 cm³/mol. The Morgan fingerprint density at radius 2 is 2.54 bits per heavy atom. The average Bonchev–Trinajstić information content (AvgIpc) is 2.61. The van der Waals surface area contributed by atoms with Crippen molar-refractivity contribution in [1.29, 1.82) is 0 Å². The van der Waals surface area contributed by atoms with Crippen molar-refractivity contribution in [2.75, 3.05) is 6.54 Å². The Labute approximate surface area is 83.3 Å². The molecule has 0 spiro atoms. The summed E-state index contributed by atoms with van der Waals surface area (Å²) in [5.41, 5.74) is 1.16. The maximum Gasteiger partial charge on any atom is 0.132 e. The Morgan fingerprint density at radius 3 is 3.23 bits per heavy atom. The molecule has 1 saturated heterocycles. The normalized spacial score (nSPS) is 22.1. The fourth-order valence-corrected chi connectivity index (χ4v) is 1.96. The fraction of sp³-hybridized carbons (Fsp3) is 0.500. The molecule has 0 aliphatic carbocycles. The Kier molecular flexibility index (Phi) is 2.81. The van der Waals surface area contributed by atoms with Crippen LogP contribution in [-0.4, -0.2) is 17.6 Å². The Balaban J connectivity index is 2.04. The van der Waals surface area contributed by atoms with Gasteiger partial charge in [0.05, 0.1) is 0 Å². The van der Waals surface area contributed by atoms with Crippen molar-refractivity contribution < 1.29 is 0 Å². The third kappa shape index (κ3) is 2.20. The van der Waals surface area contributed by atoms with Crippen LogP contribution in [0.5, 0.6) is 0 Å². The molecule has 0 saturated carbocycles. The highest BCUT2D eigenvalue weighted by Crippen LogP contribution is 2.17. The summed E-state index contributed by atoms with van der Waals surface area (Å²) < 4.78 is 0. The molecule has 1 aromatic heterocycles. The topological polar surface area (TPSA) is 24.9 Å². The summed E-state index contributed by atoms with van der Waals surface area (Å²) in [6.45, 7) is 1.14. The highest BCUT2D eigenvalue weighted by atomic mass is 35.5. The molecule has 1 aliphatic rings. The van der Waals surface area contributed by atoms with Gasteiger partial charge in [-0.25, -0.2) is 4.98 Å². The minimum atomic E-state index is 0.599. The van der Waals surface area contributed by atoms with E-state index < -0.39 is 0 Å². The molecule has 1 aliphatic heterocycles. The summed E-state index contributed by atoms with van der Waals surface area (Å²) in [7, 11) is 0. The van der Waals surface area contributed by atoms with Gasteiger partial charge in [-0.15, -0.1) is 0 Å². The first-order valence-electron chi connectivity index (χ1n) is 4.69. The lowest BCUT2D eigenvalue weighted by atomic mass is 10.1. The highest BCUT2D eigenvalue weighted by molar-refractivity contribution is 6.30. The second-order valence-electron chi connectivity index (χ2n) is 3.45. The molecular weight excluding hydrogens is 184 g/mol. The quantitative estimate of drug-likeness (QED) is 0.733. The summed E-state index contributed by atoms with van der Waals surface area (Å²) in [6.07, 6.45) is 5.27.